The summed E-state index contributed by atoms with van der Waals surface area (Å²) in [6.07, 6.45) is -0.129. The fraction of sp³-hybridized carbons (Fsp3) is 0.222. The number of esters is 1. The van der Waals surface area contributed by atoms with Gasteiger partial charge in [0.2, 0.25) is 5.91 Å². The quantitative estimate of drug-likeness (QED) is 0.431. The maximum atomic E-state index is 13.5. The van der Waals surface area contributed by atoms with E-state index in [1.807, 2.05) is 0 Å². The number of carbonyl (C=O) groups excluding carboxylic acids is 2. The molecule has 2 aromatic rings. The monoisotopic (exact) mass is 376 g/mol. The van der Waals surface area contributed by atoms with Gasteiger partial charge in [-0.3, -0.25) is 14.9 Å². The number of hydrogen-bond donors (Lipinski definition) is 1. The van der Waals surface area contributed by atoms with Crippen LogP contribution in [0.1, 0.15) is 12.5 Å². The molecule has 2 rings (SSSR count). The zero-order valence-corrected chi connectivity index (χ0v) is 14.4. The van der Waals surface area contributed by atoms with Crippen LogP contribution in [-0.4, -0.2) is 30.0 Å². The molecule has 1 amide bonds. The number of anilines is 1. The third-order valence-corrected chi connectivity index (χ3v) is 3.35. The lowest BCUT2D eigenvalue weighted by Crippen LogP contribution is -2.18. The van der Waals surface area contributed by atoms with E-state index in [1.54, 1.807) is 13.0 Å². The molecule has 0 unspecified atom stereocenters. The Labute approximate surface area is 154 Å². The van der Waals surface area contributed by atoms with Gasteiger partial charge in [0, 0.05) is 18.2 Å². The number of nitrogens with zero attached hydrogens (tertiary/aromatic N) is 1. The van der Waals surface area contributed by atoms with Crippen molar-refractivity contribution in [2.24, 2.45) is 0 Å². The van der Waals surface area contributed by atoms with Crippen molar-refractivity contribution in [1.29, 1.82) is 0 Å². The molecule has 0 saturated heterocycles. The highest BCUT2D eigenvalue weighted by molar-refractivity contribution is 5.93. The van der Waals surface area contributed by atoms with E-state index in [2.05, 4.69) is 5.32 Å². The second-order valence-corrected chi connectivity index (χ2v) is 5.39. The van der Waals surface area contributed by atoms with Crippen molar-refractivity contribution in [1.82, 2.24) is 0 Å². The van der Waals surface area contributed by atoms with Crippen LogP contribution in [0, 0.1) is 15.9 Å². The van der Waals surface area contributed by atoms with E-state index in [4.69, 9.17) is 9.47 Å². The molecule has 1 N–H and O–H groups in total. The van der Waals surface area contributed by atoms with Crippen molar-refractivity contribution in [3.63, 3.8) is 0 Å². The molecule has 9 heteroatoms. The van der Waals surface area contributed by atoms with Gasteiger partial charge in [-0.25, -0.2) is 9.18 Å². The van der Waals surface area contributed by atoms with Gasteiger partial charge < -0.3 is 14.8 Å². The molecule has 0 aliphatic heterocycles. The van der Waals surface area contributed by atoms with Crippen molar-refractivity contribution in [2.45, 2.75) is 13.3 Å². The van der Waals surface area contributed by atoms with Gasteiger partial charge in [-0.05, 0) is 24.6 Å². The van der Waals surface area contributed by atoms with E-state index in [0.29, 0.717) is 5.56 Å². The molecule has 0 radical (unpaired) electrons. The van der Waals surface area contributed by atoms with Gasteiger partial charge in [0.25, 0.3) is 5.69 Å². The van der Waals surface area contributed by atoms with Gasteiger partial charge in [-0.2, -0.15) is 0 Å². The molecule has 0 heterocycles. The number of hydrogen-bond acceptors (Lipinski definition) is 6. The number of carbonyl (C=O) groups is 2. The molecule has 0 spiro atoms. The van der Waals surface area contributed by atoms with Crippen LogP contribution in [0.3, 0.4) is 0 Å². The first-order chi connectivity index (χ1) is 12.9. The maximum absolute atomic E-state index is 13.5. The number of nitro groups is 1. The third kappa shape index (κ3) is 6.07. The minimum atomic E-state index is -0.629. The first kappa shape index (κ1) is 19.8. The SMILES string of the molecule is CCOC(=O)COc1cc(F)ccc1NC(=O)Cc1cccc([N+](=O)[O-])c1. The Hall–Kier alpha value is -3.49. The number of nitro benzene ring substituents is 1. The van der Waals surface area contributed by atoms with E-state index in [0.717, 1.165) is 12.1 Å². The lowest BCUT2D eigenvalue weighted by atomic mass is 10.1. The lowest BCUT2D eigenvalue weighted by molar-refractivity contribution is -0.384. The summed E-state index contributed by atoms with van der Waals surface area (Å²) in [5.41, 5.74) is 0.481. The molecule has 2 aromatic carbocycles. The summed E-state index contributed by atoms with van der Waals surface area (Å²) in [6, 6.07) is 9.12. The molecule has 0 atom stereocenters. The van der Waals surface area contributed by atoms with E-state index >= 15 is 0 Å². The van der Waals surface area contributed by atoms with Gasteiger partial charge in [0.05, 0.1) is 23.6 Å². The number of ether oxygens (including phenoxy) is 2. The minimum Gasteiger partial charge on any atom is -0.480 e. The van der Waals surface area contributed by atoms with Gasteiger partial charge in [0.1, 0.15) is 11.6 Å². The van der Waals surface area contributed by atoms with Crippen LogP contribution in [0.25, 0.3) is 0 Å². The van der Waals surface area contributed by atoms with E-state index in [1.165, 1.54) is 24.3 Å². The summed E-state index contributed by atoms with van der Waals surface area (Å²) in [7, 11) is 0. The highest BCUT2D eigenvalue weighted by Crippen LogP contribution is 2.26. The Morgan fingerprint density at radius 2 is 2.00 bits per heavy atom. The number of rotatable bonds is 8. The van der Waals surface area contributed by atoms with Crippen LogP contribution in [0.4, 0.5) is 15.8 Å². The molecule has 0 fully saturated rings. The molecular weight excluding hydrogens is 359 g/mol. The van der Waals surface area contributed by atoms with Crippen molar-refractivity contribution < 1.29 is 28.4 Å². The van der Waals surface area contributed by atoms with Gasteiger partial charge in [0.15, 0.2) is 6.61 Å². The standard InChI is InChI=1S/C18H17FN2O6/c1-2-26-18(23)11-27-16-10-13(19)6-7-15(16)20-17(22)9-12-4-3-5-14(8-12)21(24)25/h3-8,10H,2,9,11H2,1H3,(H,20,22). The number of halogens is 1. The second-order valence-electron chi connectivity index (χ2n) is 5.39. The summed E-state index contributed by atoms with van der Waals surface area (Å²) >= 11 is 0. The molecule has 0 saturated carbocycles. The molecule has 0 aliphatic rings. The number of amides is 1. The third-order valence-electron chi connectivity index (χ3n) is 3.35. The minimum absolute atomic E-state index is 0.0320. The number of non-ortho nitro benzene ring substituents is 1. The average Bonchev–Trinajstić information content (AvgIpc) is 2.62. The zero-order valence-electron chi connectivity index (χ0n) is 14.4. The first-order valence-corrected chi connectivity index (χ1v) is 8.00. The van der Waals surface area contributed by atoms with Crippen molar-refractivity contribution >= 4 is 23.3 Å². The van der Waals surface area contributed by atoms with Crippen LogP contribution < -0.4 is 10.1 Å². The summed E-state index contributed by atoms with van der Waals surface area (Å²) in [6.45, 7) is 1.38. The predicted octanol–water partition coefficient (Wildman–Crippen LogP) is 2.86. The van der Waals surface area contributed by atoms with Gasteiger partial charge in [-0.15, -0.1) is 0 Å². The molecule has 0 bridgehead atoms. The molecule has 27 heavy (non-hydrogen) atoms. The van der Waals surface area contributed by atoms with Gasteiger partial charge in [-0.1, -0.05) is 12.1 Å². The highest BCUT2D eigenvalue weighted by Gasteiger charge is 2.13. The topological polar surface area (TPSA) is 108 Å². The van der Waals surface area contributed by atoms with Crippen molar-refractivity contribution in [3.05, 3.63) is 64.0 Å². The predicted molar refractivity (Wildman–Crippen MR) is 94.0 cm³/mol. The lowest BCUT2D eigenvalue weighted by Gasteiger charge is -2.12. The summed E-state index contributed by atoms with van der Waals surface area (Å²) in [5.74, 6) is -1.75. The van der Waals surface area contributed by atoms with E-state index in [9.17, 15) is 24.1 Å². The largest absolute Gasteiger partial charge is 0.480 e. The molecular formula is C18H17FN2O6. The average molecular weight is 376 g/mol. The Balaban J connectivity index is 2.07. The first-order valence-electron chi connectivity index (χ1n) is 8.00. The number of benzene rings is 2. The van der Waals surface area contributed by atoms with E-state index in [-0.39, 0.29) is 30.2 Å². The van der Waals surface area contributed by atoms with Crippen LogP contribution in [0.15, 0.2) is 42.5 Å². The van der Waals surface area contributed by atoms with Crippen LogP contribution >= 0.6 is 0 Å². The van der Waals surface area contributed by atoms with Crippen LogP contribution in [0.2, 0.25) is 0 Å². The summed E-state index contributed by atoms with van der Waals surface area (Å²) in [5, 5.41) is 13.3. The normalized spacial score (nSPS) is 10.1. The Morgan fingerprint density at radius 3 is 2.70 bits per heavy atom. The molecule has 0 aliphatic carbocycles. The molecule has 142 valence electrons. The molecule has 8 nitrogen and oxygen atoms in total. The fourth-order valence-corrected chi connectivity index (χ4v) is 2.22. The van der Waals surface area contributed by atoms with Crippen LogP contribution in [0.5, 0.6) is 5.75 Å². The highest BCUT2D eigenvalue weighted by atomic mass is 19.1. The Kier molecular flexibility index (Phi) is 6.81. The Bertz CT molecular complexity index is 855. The summed E-state index contributed by atoms with van der Waals surface area (Å²) in [4.78, 5) is 33.8. The van der Waals surface area contributed by atoms with Crippen LogP contribution in [-0.2, 0) is 20.7 Å². The van der Waals surface area contributed by atoms with Crippen molar-refractivity contribution in [3.8, 4) is 5.75 Å². The van der Waals surface area contributed by atoms with Gasteiger partial charge >= 0.3 is 5.97 Å². The maximum Gasteiger partial charge on any atom is 0.344 e. The fourth-order valence-electron chi connectivity index (χ4n) is 2.22. The van der Waals surface area contributed by atoms with E-state index < -0.39 is 29.2 Å². The van der Waals surface area contributed by atoms with Crippen molar-refractivity contribution in [2.75, 3.05) is 18.5 Å². The Morgan fingerprint density at radius 1 is 1.22 bits per heavy atom. The zero-order chi connectivity index (χ0) is 19.8. The molecule has 0 aromatic heterocycles. The summed E-state index contributed by atoms with van der Waals surface area (Å²) < 4.78 is 23.4. The second kappa shape index (κ2) is 9.27. The number of nitrogens with one attached hydrogen (secondary N) is 1. The smallest absolute Gasteiger partial charge is 0.344 e.